The molecule has 0 fully saturated rings. The summed E-state index contributed by atoms with van der Waals surface area (Å²) >= 11 is 6.31. The summed E-state index contributed by atoms with van der Waals surface area (Å²) in [4.78, 5) is 16.7. The van der Waals surface area contributed by atoms with Crippen molar-refractivity contribution in [2.75, 3.05) is 5.32 Å². The first-order valence-electron chi connectivity index (χ1n) is 8.18. The molecule has 0 saturated carbocycles. The minimum atomic E-state index is -0.0953. The van der Waals surface area contributed by atoms with Gasteiger partial charge in [0.05, 0.1) is 17.0 Å². The Kier molecular flexibility index (Phi) is 4.42. The number of rotatable bonds is 4. The molecule has 4 aromatic rings. The lowest BCUT2D eigenvalue weighted by atomic mass is 10.1. The van der Waals surface area contributed by atoms with Crippen LogP contribution in [-0.2, 0) is 11.2 Å². The van der Waals surface area contributed by atoms with Gasteiger partial charge in [0.2, 0.25) is 11.8 Å². The molecule has 0 bridgehead atoms. The lowest BCUT2D eigenvalue weighted by Crippen LogP contribution is -2.14. The Hall–Kier alpha value is -3.11. The standard InChI is InChI=1S/C21H15ClN2O2/c22-17-11-10-15(23-20(25)12-14-6-2-1-3-7-14)13-16(17)21-24-18-8-4-5-9-19(18)26-21/h1-11,13H,12H2,(H,23,25). The van der Waals surface area contributed by atoms with Crippen molar-refractivity contribution in [3.63, 3.8) is 0 Å². The molecule has 1 amide bonds. The fourth-order valence-electron chi connectivity index (χ4n) is 2.74. The van der Waals surface area contributed by atoms with Crippen LogP contribution in [-0.4, -0.2) is 10.9 Å². The Morgan fingerprint density at radius 2 is 1.77 bits per heavy atom. The van der Waals surface area contributed by atoms with Crippen LogP contribution >= 0.6 is 11.6 Å². The molecule has 4 nitrogen and oxygen atoms in total. The second-order valence-electron chi connectivity index (χ2n) is 5.89. The van der Waals surface area contributed by atoms with Crippen molar-refractivity contribution in [3.8, 4) is 11.5 Å². The predicted octanol–water partition coefficient (Wildman–Crippen LogP) is 5.33. The van der Waals surface area contributed by atoms with Gasteiger partial charge in [-0.3, -0.25) is 4.79 Å². The lowest BCUT2D eigenvalue weighted by molar-refractivity contribution is -0.115. The number of carbonyl (C=O) groups is 1. The molecule has 4 rings (SSSR count). The van der Waals surface area contributed by atoms with Gasteiger partial charge in [-0.1, -0.05) is 54.1 Å². The summed E-state index contributed by atoms with van der Waals surface area (Å²) in [5.74, 6) is 0.331. The molecule has 26 heavy (non-hydrogen) atoms. The number of benzene rings is 3. The zero-order chi connectivity index (χ0) is 17.9. The first-order chi connectivity index (χ1) is 12.7. The van der Waals surface area contributed by atoms with E-state index in [4.69, 9.17) is 16.0 Å². The molecule has 0 unspecified atom stereocenters. The van der Waals surface area contributed by atoms with Crippen LogP contribution < -0.4 is 5.32 Å². The molecule has 128 valence electrons. The van der Waals surface area contributed by atoms with Crippen LogP contribution in [0.5, 0.6) is 0 Å². The highest BCUT2D eigenvalue weighted by Gasteiger charge is 2.13. The number of anilines is 1. The van der Waals surface area contributed by atoms with Gasteiger partial charge in [-0.2, -0.15) is 0 Å². The number of nitrogens with zero attached hydrogens (tertiary/aromatic N) is 1. The van der Waals surface area contributed by atoms with Gasteiger partial charge in [0.15, 0.2) is 5.58 Å². The Balaban J connectivity index is 1.59. The highest BCUT2D eigenvalue weighted by molar-refractivity contribution is 6.33. The lowest BCUT2D eigenvalue weighted by Gasteiger charge is -2.08. The van der Waals surface area contributed by atoms with Gasteiger partial charge in [0, 0.05) is 5.69 Å². The maximum atomic E-state index is 12.3. The van der Waals surface area contributed by atoms with Gasteiger partial charge in [0.1, 0.15) is 5.52 Å². The summed E-state index contributed by atoms with van der Waals surface area (Å²) in [5, 5.41) is 3.41. The molecule has 0 atom stereocenters. The van der Waals surface area contributed by atoms with Crippen molar-refractivity contribution in [2.45, 2.75) is 6.42 Å². The number of nitrogens with one attached hydrogen (secondary N) is 1. The Bertz CT molecular complexity index is 1040. The van der Waals surface area contributed by atoms with E-state index in [-0.39, 0.29) is 5.91 Å². The first-order valence-corrected chi connectivity index (χ1v) is 8.56. The zero-order valence-corrected chi connectivity index (χ0v) is 14.5. The van der Waals surface area contributed by atoms with Gasteiger partial charge in [-0.25, -0.2) is 4.98 Å². The minimum Gasteiger partial charge on any atom is -0.436 e. The van der Waals surface area contributed by atoms with E-state index in [2.05, 4.69) is 10.3 Å². The predicted molar refractivity (Wildman–Crippen MR) is 103 cm³/mol. The van der Waals surface area contributed by atoms with E-state index < -0.39 is 0 Å². The third kappa shape index (κ3) is 3.46. The van der Waals surface area contributed by atoms with E-state index in [0.29, 0.717) is 34.2 Å². The molecule has 1 heterocycles. The number of para-hydroxylation sites is 2. The number of fused-ring (bicyclic) bond motifs is 1. The average Bonchev–Trinajstić information content (AvgIpc) is 3.08. The smallest absolute Gasteiger partial charge is 0.228 e. The first kappa shape index (κ1) is 16.4. The van der Waals surface area contributed by atoms with Crippen molar-refractivity contribution < 1.29 is 9.21 Å². The third-order valence-electron chi connectivity index (χ3n) is 3.98. The molecule has 0 radical (unpaired) electrons. The molecule has 0 aliphatic heterocycles. The Labute approximate surface area is 155 Å². The molecule has 0 aliphatic carbocycles. The average molecular weight is 363 g/mol. The molecule has 3 aromatic carbocycles. The van der Waals surface area contributed by atoms with Crippen LogP contribution in [0.4, 0.5) is 5.69 Å². The summed E-state index contributed by atoms with van der Waals surface area (Å²) in [5.41, 5.74) is 3.69. The molecular weight excluding hydrogens is 348 g/mol. The number of hydrogen-bond donors (Lipinski definition) is 1. The summed E-state index contributed by atoms with van der Waals surface area (Å²) < 4.78 is 5.78. The molecule has 5 heteroatoms. The quantitative estimate of drug-likeness (QED) is 0.534. The molecule has 0 spiro atoms. The number of carbonyl (C=O) groups excluding carboxylic acids is 1. The second kappa shape index (κ2) is 7.02. The maximum absolute atomic E-state index is 12.3. The highest BCUT2D eigenvalue weighted by atomic mass is 35.5. The molecular formula is C21H15ClN2O2. The highest BCUT2D eigenvalue weighted by Crippen LogP contribution is 2.32. The molecule has 1 N–H and O–H groups in total. The number of oxazole rings is 1. The monoisotopic (exact) mass is 362 g/mol. The van der Waals surface area contributed by atoms with Crippen molar-refractivity contribution in [3.05, 3.63) is 83.4 Å². The van der Waals surface area contributed by atoms with Crippen molar-refractivity contribution in [1.29, 1.82) is 0 Å². The molecule has 0 saturated heterocycles. The van der Waals surface area contributed by atoms with E-state index in [9.17, 15) is 4.79 Å². The fraction of sp³-hybridized carbons (Fsp3) is 0.0476. The van der Waals surface area contributed by atoms with E-state index >= 15 is 0 Å². The number of halogens is 1. The fourth-order valence-corrected chi connectivity index (χ4v) is 2.94. The van der Waals surface area contributed by atoms with E-state index in [1.807, 2.05) is 54.6 Å². The zero-order valence-electron chi connectivity index (χ0n) is 13.8. The van der Waals surface area contributed by atoms with Gasteiger partial charge >= 0.3 is 0 Å². The van der Waals surface area contributed by atoms with Gasteiger partial charge in [-0.05, 0) is 35.9 Å². The SMILES string of the molecule is O=C(Cc1ccccc1)Nc1ccc(Cl)c(-c2nc3ccccc3o2)c1. The molecule has 0 aliphatic rings. The number of hydrogen-bond acceptors (Lipinski definition) is 3. The topological polar surface area (TPSA) is 55.1 Å². The number of amides is 1. The number of aromatic nitrogens is 1. The van der Waals surface area contributed by atoms with Crippen LogP contribution in [0.1, 0.15) is 5.56 Å². The van der Waals surface area contributed by atoms with Crippen molar-refractivity contribution in [1.82, 2.24) is 4.98 Å². The van der Waals surface area contributed by atoms with Gasteiger partial charge in [0.25, 0.3) is 0 Å². The van der Waals surface area contributed by atoms with Crippen LogP contribution in [0.15, 0.2) is 77.2 Å². The van der Waals surface area contributed by atoms with Gasteiger partial charge < -0.3 is 9.73 Å². The second-order valence-corrected chi connectivity index (χ2v) is 6.30. The largest absolute Gasteiger partial charge is 0.436 e. The van der Waals surface area contributed by atoms with Crippen molar-refractivity contribution >= 4 is 34.3 Å². The summed E-state index contributed by atoms with van der Waals surface area (Å²) in [6.07, 6.45) is 0.307. The van der Waals surface area contributed by atoms with E-state index in [0.717, 1.165) is 11.1 Å². The maximum Gasteiger partial charge on any atom is 0.228 e. The van der Waals surface area contributed by atoms with Crippen LogP contribution in [0.2, 0.25) is 5.02 Å². The van der Waals surface area contributed by atoms with E-state index in [1.165, 1.54) is 0 Å². The summed E-state index contributed by atoms with van der Waals surface area (Å²) in [6, 6.07) is 22.4. The minimum absolute atomic E-state index is 0.0953. The summed E-state index contributed by atoms with van der Waals surface area (Å²) in [6.45, 7) is 0. The summed E-state index contributed by atoms with van der Waals surface area (Å²) in [7, 11) is 0. The Morgan fingerprint density at radius 3 is 2.58 bits per heavy atom. The van der Waals surface area contributed by atoms with Crippen LogP contribution in [0, 0.1) is 0 Å². The van der Waals surface area contributed by atoms with Crippen LogP contribution in [0.3, 0.4) is 0 Å². The van der Waals surface area contributed by atoms with Crippen molar-refractivity contribution in [2.24, 2.45) is 0 Å². The molecule has 1 aromatic heterocycles. The van der Waals surface area contributed by atoms with Crippen LogP contribution in [0.25, 0.3) is 22.6 Å². The third-order valence-corrected chi connectivity index (χ3v) is 4.31. The van der Waals surface area contributed by atoms with E-state index in [1.54, 1.807) is 18.2 Å². The van der Waals surface area contributed by atoms with Gasteiger partial charge in [-0.15, -0.1) is 0 Å². The Morgan fingerprint density at radius 1 is 1.00 bits per heavy atom. The normalized spacial score (nSPS) is 10.8.